The summed E-state index contributed by atoms with van der Waals surface area (Å²) in [4.78, 5) is 25.6. The molecule has 2 amide bonds. The first-order valence-electron chi connectivity index (χ1n) is 6.96. The van der Waals surface area contributed by atoms with Gasteiger partial charge < -0.3 is 10.2 Å². The van der Waals surface area contributed by atoms with Gasteiger partial charge in [-0.3, -0.25) is 9.59 Å². The highest BCUT2D eigenvalue weighted by molar-refractivity contribution is 5.94. The Bertz CT molecular complexity index is 525. The standard InChI is InChI=1S/C15H17FN2O2/c16-12-3-1-11(2-4-12)15(20)17-8-10-7-14(19)18(9-10)13-5-6-13/h1-4,10,13H,5-9H2,(H,17,20). The van der Waals surface area contributed by atoms with E-state index in [2.05, 4.69) is 5.32 Å². The van der Waals surface area contributed by atoms with Crippen LogP contribution in [0.2, 0.25) is 0 Å². The number of carbonyl (C=O) groups is 2. The first kappa shape index (κ1) is 13.1. The number of carbonyl (C=O) groups excluding carboxylic acids is 2. The molecule has 1 aliphatic carbocycles. The van der Waals surface area contributed by atoms with Crippen LogP contribution in [-0.4, -0.2) is 35.8 Å². The number of hydrogen-bond acceptors (Lipinski definition) is 2. The summed E-state index contributed by atoms with van der Waals surface area (Å²) in [6.45, 7) is 1.23. The van der Waals surface area contributed by atoms with Gasteiger partial charge in [-0.2, -0.15) is 0 Å². The number of rotatable bonds is 4. The van der Waals surface area contributed by atoms with Crippen molar-refractivity contribution in [1.29, 1.82) is 0 Å². The maximum Gasteiger partial charge on any atom is 0.251 e. The Labute approximate surface area is 117 Å². The fourth-order valence-electron chi connectivity index (χ4n) is 2.62. The van der Waals surface area contributed by atoms with Gasteiger partial charge in [-0.05, 0) is 37.1 Å². The molecule has 1 saturated carbocycles. The van der Waals surface area contributed by atoms with E-state index in [0.29, 0.717) is 24.6 Å². The van der Waals surface area contributed by atoms with Gasteiger partial charge in [0.25, 0.3) is 5.91 Å². The maximum absolute atomic E-state index is 12.8. The molecule has 1 heterocycles. The topological polar surface area (TPSA) is 49.4 Å². The molecule has 1 unspecified atom stereocenters. The van der Waals surface area contributed by atoms with Crippen LogP contribution in [0.1, 0.15) is 29.6 Å². The lowest BCUT2D eigenvalue weighted by atomic mass is 10.1. The summed E-state index contributed by atoms with van der Waals surface area (Å²) in [5.41, 5.74) is 0.440. The minimum Gasteiger partial charge on any atom is -0.352 e. The average molecular weight is 276 g/mol. The van der Waals surface area contributed by atoms with Crippen molar-refractivity contribution in [1.82, 2.24) is 10.2 Å². The molecule has 4 nitrogen and oxygen atoms in total. The molecule has 0 aromatic heterocycles. The summed E-state index contributed by atoms with van der Waals surface area (Å²) in [7, 11) is 0. The average Bonchev–Trinajstić information content (AvgIpc) is 3.21. The van der Waals surface area contributed by atoms with Gasteiger partial charge in [-0.25, -0.2) is 4.39 Å². The first-order chi connectivity index (χ1) is 9.63. The molecule has 3 rings (SSSR count). The van der Waals surface area contributed by atoms with Gasteiger partial charge in [0, 0.05) is 37.0 Å². The molecule has 1 N–H and O–H groups in total. The molecule has 1 aromatic carbocycles. The zero-order valence-corrected chi connectivity index (χ0v) is 11.1. The van der Waals surface area contributed by atoms with Crippen molar-refractivity contribution in [3.8, 4) is 0 Å². The Morgan fingerprint density at radius 2 is 2.00 bits per heavy atom. The van der Waals surface area contributed by atoms with Crippen molar-refractivity contribution in [2.24, 2.45) is 5.92 Å². The van der Waals surface area contributed by atoms with Crippen LogP contribution in [0, 0.1) is 11.7 Å². The Morgan fingerprint density at radius 3 is 2.65 bits per heavy atom. The van der Waals surface area contributed by atoms with Crippen molar-refractivity contribution < 1.29 is 14.0 Å². The van der Waals surface area contributed by atoms with Crippen molar-refractivity contribution in [3.63, 3.8) is 0 Å². The fourth-order valence-corrected chi connectivity index (χ4v) is 2.62. The lowest BCUT2D eigenvalue weighted by Crippen LogP contribution is -2.32. The predicted molar refractivity (Wildman–Crippen MR) is 71.6 cm³/mol. The number of hydrogen-bond donors (Lipinski definition) is 1. The third-order valence-corrected chi connectivity index (χ3v) is 3.88. The van der Waals surface area contributed by atoms with Crippen molar-refractivity contribution in [3.05, 3.63) is 35.6 Å². The normalized spacial score (nSPS) is 22.1. The van der Waals surface area contributed by atoms with Gasteiger partial charge in [0.1, 0.15) is 5.82 Å². The van der Waals surface area contributed by atoms with Crippen LogP contribution in [0.15, 0.2) is 24.3 Å². The maximum atomic E-state index is 12.8. The second-order valence-electron chi connectivity index (χ2n) is 5.56. The second-order valence-corrected chi connectivity index (χ2v) is 5.56. The highest BCUT2D eigenvalue weighted by Crippen LogP contribution is 2.32. The second kappa shape index (κ2) is 5.23. The molecule has 1 aromatic rings. The fraction of sp³-hybridized carbons (Fsp3) is 0.467. The molecule has 0 spiro atoms. The minimum atomic E-state index is -0.358. The van der Waals surface area contributed by atoms with E-state index in [9.17, 15) is 14.0 Å². The molecule has 0 radical (unpaired) electrons. The zero-order chi connectivity index (χ0) is 14.1. The van der Waals surface area contributed by atoms with E-state index in [0.717, 1.165) is 19.4 Å². The molecule has 1 atom stereocenters. The lowest BCUT2D eigenvalue weighted by molar-refractivity contribution is -0.128. The number of likely N-dealkylation sites (tertiary alicyclic amines) is 1. The van der Waals surface area contributed by atoms with E-state index in [-0.39, 0.29) is 23.5 Å². The molecule has 20 heavy (non-hydrogen) atoms. The van der Waals surface area contributed by atoms with Crippen molar-refractivity contribution >= 4 is 11.8 Å². The smallest absolute Gasteiger partial charge is 0.251 e. The van der Waals surface area contributed by atoms with Crippen LogP contribution in [0.5, 0.6) is 0 Å². The van der Waals surface area contributed by atoms with E-state index in [4.69, 9.17) is 0 Å². The van der Waals surface area contributed by atoms with E-state index >= 15 is 0 Å². The highest BCUT2D eigenvalue weighted by Gasteiger charge is 2.39. The third kappa shape index (κ3) is 2.81. The van der Waals surface area contributed by atoms with Crippen LogP contribution in [0.4, 0.5) is 4.39 Å². The molecule has 5 heteroatoms. The molecule has 2 fully saturated rings. The number of amides is 2. The Balaban J connectivity index is 1.51. The van der Waals surface area contributed by atoms with Gasteiger partial charge in [-0.15, -0.1) is 0 Å². The minimum absolute atomic E-state index is 0.187. The van der Waals surface area contributed by atoms with Crippen LogP contribution >= 0.6 is 0 Å². The molecule has 1 aliphatic heterocycles. The Morgan fingerprint density at radius 1 is 1.30 bits per heavy atom. The molecule has 0 bridgehead atoms. The number of halogens is 1. The van der Waals surface area contributed by atoms with E-state index in [1.165, 1.54) is 24.3 Å². The number of nitrogens with one attached hydrogen (secondary N) is 1. The van der Waals surface area contributed by atoms with Gasteiger partial charge in [0.15, 0.2) is 0 Å². The van der Waals surface area contributed by atoms with Crippen LogP contribution in [-0.2, 0) is 4.79 Å². The van der Waals surface area contributed by atoms with E-state index < -0.39 is 0 Å². The first-order valence-corrected chi connectivity index (χ1v) is 6.96. The van der Waals surface area contributed by atoms with Gasteiger partial charge in [0.2, 0.25) is 5.91 Å². The predicted octanol–water partition coefficient (Wildman–Crippen LogP) is 1.57. The molecule has 2 aliphatic rings. The zero-order valence-electron chi connectivity index (χ0n) is 11.1. The van der Waals surface area contributed by atoms with Crippen LogP contribution < -0.4 is 5.32 Å². The quantitative estimate of drug-likeness (QED) is 0.907. The van der Waals surface area contributed by atoms with Gasteiger partial charge in [0.05, 0.1) is 0 Å². The molecule has 1 saturated heterocycles. The third-order valence-electron chi connectivity index (χ3n) is 3.88. The summed E-state index contributed by atoms with van der Waals surface area (Å²) < 4.78 is 12.8. The van der Waals surface area contributed by atoms with Crippen LogP contribution in [0.25, 0.3) is 0 Å². The summed E-state index contributed by atoms with van der Waals surface area (Å²) in [6, 6.07) is 5.90. The van der Waals surface area contributed by atoms with E-state index in [1.54, 1.807) is 0 Å². The monoisotopic (exact) mass is 276 g/mol. The summed E-state index contributed by atoms with van der Waals surface area (Å²) in [6.07, 6.45) is 2.74. The van der Waals surface area contributed by atoms with Crippen molar-refractivity contribution in [2.45, 2.75) is 25.3 Å². The summed E-state index contributed by atoms with van der Waals surface area (Å²) in [5.74, 6) is -0.189. The SMILES string of the molecule is O=C(NCC1CC(=O)N(C2CC2)C1)c1ccc(F)cc1. The molecular formula is C15H17FN2O2. The van der Waals surface area contributed by atoms with Crippen LogP contribution in [0.3, 0.4) is 0 Å². The van der Waals surface area contributed by atoms with Gasteiger partial charge in [-0.1, -0.05) is 0 Å². The number of nitrogens with zero attached hydrogens (tertiary/aromatic N) is 1. The summed E-state index contributed by atoms with van der Waals surface area (Å²) in [5, 5.41) is 2.82. The summed E-state index contributed by atoms with van der Waals surface area (Å²) >= 11 is 0. The largest absolute Gasteiger partial charge is 0.352 e. The lowest BCUT2D eigenvalue weighted by Gasteiger charge is -2.15. The Kier molecular flexibility index (Phi) is 3.42. The highest BCUT2D eigenvalue weighted by atomic mass is 19.1. The number of benzene rings is 1. The molecule has 106 valence electrons. The van der Waals surface area contributed by atoms with Gasteiger partial charge >= 0.3 is 0 Å². The molecular weight excluding hydrogens is 259 g/mol. The Hall–Kier alpha value is -1.91. The van der Waals surface area contributed by atoms with Crippen molar-refractivity contribution in [2.75, 3.05) is 13.1 Å². The van der Waals surface area contributed by atoms with E-state index in [1.807, 2.05) is 4.90 Å².